The van der Waals surface area contributed by atoms with Crippen molar-refractivity contribution in [2.75, 3.05) is 32.7 Å². The molecule has 0 spiro atoms. The highest BCUT2D eigenvalue weighted by Gasteiger charge is 2.26. The van der Waals surface area contributed by atoms with Crippen LogP contribution < -0.4 is 0 Å². The highest BCUT2D eigenvalue weighted by molar-refractivity contribution is 5.92. The van der Waals surface area contributed by atoms with Crippen molar-refractivity contribution in [3.63, 3.8) is 0 Å². The minimum atomic E-state index is -0.308. The Morgan fingerprint density at radius 2 is 1.89 bits per heavy atom. The third-order valence-electron chi connectivity index (χ3n) is 5.00. The van der Waals surface area contributed by atoms with Crippen molar-refractivity contribution in [2.24, 2.45) is 0 Å². The topological polar surface area (TPSA) is 58.4 Å². The summed E-state index contributed by atoms with van der Waals surface area (Å²) in [4.78, 5) is 28.3. The third kappa shape index (κ3) is 4.42. The summed E-state index contributed by atoms with van der Waals surface area (Å²) in [6.45, 7) is 7.72. The molecule has 1 amide bonds. The highest BCUT2D eigenvalue weighted by Crippen LogP contribution is 2.18. The Hall–Kier alpha value is -2.54. The number of aldehydes is 1. The average Bonchev–Trinajstić information content (AvgIpc) is 3.07. The lowest BCUT2D eigenvalue weighted by molar-refractivity contribution is -0.109. The van der Waals surface area contributed by atoms with Crippen molar-refractivity contribution in [2.45, 2.75) is 26.3 Å². The van der Waals surface area contributed by atoms with Gasteiger partial charge in [-0.15, -0.1) is 0 Å². The van der Waals surface area contributed by atoms with Gasteiger partial charge in [-0.1, -0.05) is 12.1 Å². The zero-order chi connectivity index (χ0) is 19.4. The fourth-order valence-electron chi connectivity index (χ4n) is 3.47. The molecule has 1 atom stereocenters. The van der Waals surface area contributed by atoms with E-state index < -0.39 is 0 Å². The predicted molar refractivity (Wildman–Crippen MR) is 100 cm³/mol. The number of aromatic nitrogens is 2. The summed E-state index contributed by atoms with van der Waals surface area (Å²) < 4.78 is 14.8. The molecule has 3 rings (SSSR count). The van der Waals surface area contributed by atoms with E-state index in [0.717, 1.165) is 17.5 Å². The molecular formula is C20H25FN4O2. The molecule has 0 saturated carbocycles. The predicted octanol–water partition coefficient (Wildman–Crippen LogP) is 2.09. The second kappa shape index (κ2) is 8.43. The van der Waals surface area contributed by atoms with Crippen LogP contribution in [0.25, 0.3) is 0 Å². The van der Waals surface area contributed by atoms with Gasteiger partial charge in [0.25, 0.3) is 5.91 Å². The molecule has 0 aliphatic carbocycles. The van der Waals surface area contributed by atoms with E-state index in [4.69, 9.17) is 0 Å². The summed E-state index contributed by atoms with van der Waals surface area (Å²) in [5.41, 5.74) is 2.28. The summed E-state index contributed by atoms with van der Waals surface area (Å²) in [7, 11) is 0. The Kier molecular flexibility index (Phi) is 6.01. The number of hydrogen-bond donors (Lipinski definition) is 0. The Morgan fingerprint density at radius 3 is 2.48 bits per heavy atom. The Balaban J connectivity index is 1.58. The normalized spacial score (nSPS) is 16.3. The van der Waals surface area contributed by atoms with Gasteiger partial charge in [-0.05, 0) is 37.6 Å². The minimum absolute atomic E-state index is 0.00238. The average molecular weight is 372 g/mol. The number of piperazine rings is 1. The summed E-state index contributed by atoms with van der Waals surface area (Å²) in [5, 5.41) is 4.34. The van der Waals surface area contributed by atoms with Gasteiger partial charge in [-0.2, -0.15) is 5.10 Å². The summed E-state index contributed by atoms with van der Waals surface area (Å²) in [6, 6.07) is 7.89. The van der Waals surface area contributed by atoms with Crippen LogP contribution in [0, 0.1) is 12.7 Å². The van der Waals surface area contributed by atoms with Gasteiger partial charge >= 0.3 is 0 Å². The van der Waals surface area contributed by atoms with Gasteiger partial charge in [-0.25, -0.2) is 4.39 Å². The van der Waals surface area contributed by atoms with Crippen LogP contribution in [0.2, 0.25) is 0 Å². The monoisotopic (exact) mass is 372 g/mol. The quantitative estimate of drug-likeness (QED) is 0.729. The van der Waals surface area contributed by atoms with Crippen molar-refractivity contribution in [1.29, 1.82) is 0 Å². The Bertz CT molecular complexity index is 795. The lowest BCUT2D eigenvalue weighted by atomic mass is 9.99. The van der Waals surface area contributed by atoms with E-state index >= 15 is 0 Å². The standard InChI is InChI=1S/C20H25FN4O2/c1-3-25-19(12-15(2)22-25)20(27)24-10-8-23(9-11-24)13-17(14-26)16-4-6-18(21)7-5-16/h4-7,12,14,17H,3,8-11,13H2,1-2H3. The van der Waals surface area contributed by atoms with Crippen LogP contribution in [0.1, 0.15) is 34.6 Å². The Labute approximate surface area is 158 Å². The van der Waals surface area contributed by atoms with Crippen LogP contribution in [0.4, 0.5) is 4.39 Å². The molecule has 0 N–H and O–H groups in total. The van der Waals surface area contributed by atoms with Gasteiger partial charge in [0.2, 0.25) is 0 Å². The van der Waals surface area contributed by atoms with Gasteiger partial charge in [0.1, 0.15) is 17.8 Å². The molecule has 1 saturated heterocycles. The number of carbonyl (C=O) groups is 2. The van der Waals surface area contributed by atoms with E-state index in [1.165, 1.54) is 12.1 Å². The zero-order valence-electron chi connectivity index (χ0n) is 15.8. The summed E-state index contributed by atoms with van der Waals surface area (Å²) >= 11 is 0. The molecule has 0 bridgehead atoms. The second-order valence-electron chi connectivity index (χ2n) is 6.87. The van der Waals surface area contributed by atoms with Crippen LogP contribution in [0.15, 0.2) is 30.3 Å². The molecule has 1 aliphatic rings. The maximum absolute atomic E-state index is 13.1. The first-order valence-corrected chi connectivity index (χ1v) is 9.28. The smallest absolute Gasteiger partial charge is 0.272 e. The SMILES string of the molecule is CCn1nc(C)cc1C(=O)N1CCN(CC(C=O)c2ccc(F)cc2)CC1. The van der Waals surface area contributed by atoms with Gasteiger partial charge in [0.15, 0.2) is 0 Å². The molecule has 1 unspecified atom stereocenters. The fraction of sp³-hybridized carbons (Fsp3) is 0.450. The van der Waals surface area contributed by atoms with Crippen LogP contribution in [0.3, 0.4) is 0 Å². The highest BCUT2D eigenvalue weighted by atomic mass is 19.1. The molecular weight excluding hydrogens is 347 g/mol. The maximum atomic E-state index is 13.1. The van der Waals surface area contributed by atoms with E-state index in [2.05, 4.69) is 10.00 Å². The lowest BCUT2D eigenvalue weighted by Gasteiger charge is -2.35. The first-order valence-electron chi connectivity index (χ1n) is 9.28. The number of carbonyl (C=O) groups excluding carboxylic acids is 2. The molecule has 1 fully saturated rings. The van der Waals surface area contributed by atoms with E-state index in [0.29, 0.717) is 45.0 Å². The zero-order valence-corrected chi connectivity index (χ0v) is 15.8. The van der Waals surface area contributed by atoms with Gasteiger partial charge in [0, 0.05) is 39.3 Å². The third-order valence-corrected chi connectivity index (χ3v) is 5.00. The Morgan fingerprint density at radius 1 is 1.22 bits per heavy atom. The number of aryl methyl sites for hydroxylation is 2. The van der Waals surface area contributed by atoms with E-state index in [1.807, 2.05) is 24.8 Å². The largest absolute Gasteiger partial charge is 0.335 e. The van der Waals surface area contributed by atoms with E-state index in [-0.39, 0.29) is 17.6 Å². The maximum Gasteiger partial charge on any atom is 0.272 e. The number of halogens is 1. The van der Waals surface area contributed by atoms with Crippen molar-refractivity contribution in [1.82, 2.24) is 19.6 Å². The molecule has 2 heterocycles. The molecule has 1 aliphatic heterocycles. The fourth-order valence-corrected chi connectivity index (χ4v) is 3.47. The molecule has 1 aromatic carbocycles. The summed E-state index contributed by atoms with van der Waals surface area (Å²) in [6.07, 6.45) is 0.910. The summed E-state index contributed by atoms with van der Waals surface area (Å²) in [5.74, 6) is -0.600. The number of benzene rings is 1. The molecule has 27 heavy (non-hydrogen) atoms. The van der Waals surface area contributed by atoms with Crippen LogP contribution >= 0.6 is 0 Å². The van der Waals surface area contributed by atoms with Gasteiger partial charge in [0.05, 0.1) is 11.6 Å². The lowest BCUT2D eigenvalue weighted by Crippen LogP contribution is -2.50. The van der Waals surface area contributed by atoms with Crippen molar-refractivity contribution in [3.05, 3.63) is 53.1 Å². The first-order chi connectivity index (χ1) is 13.0. The van der Waals surface area contributed by atoms with Crippen molar-refractivity contribution in [3.8, 4) is 0 Å². The van der Waals surface area contributed by atoms with Crippen molar-refractivity contribution < 1.29 is 14.0 Å². The molecule has 7 heteroatoms. The van der Waals surface area contributed by atoms with E-state index in [1.54, 1.807) is 16.8 Å². The van der Waals surface area contributed by atoms with E-state index in [9.17, 15) is 14.0 Å². The first kappa shape index (κ1) is 19.2. The molecule has 2 aromatic rings. The second-order valence-corrected chi connectivity index (χ2v) is 6.87. The molecule has 1 aromatic heterocycles. The number of amides is 1. The minimum Gasteiger partial charge on any atom is -0.335 e. The molecule has 6 nitrogen and oxygen atoms in total. The molecule has 0 radical (unpaired) electrons. The van der Waals surface area contributed by atoms with Gasteiger partial charge in [-0.3, -0.25) is 14.4 Å². The number of rotatable bonds is 6. The molecule has 144 valence electrons. The van der Waals surface area contributed by atoms with Crippen LogP contribution in [-0.4, -0.2) is 64.5 Å². The van der Waals surface area contributed by atoms with Crippen LogP contribution in [0.5, 0.6) is 0 Å². The van der Waals surface area contributed by atoms with Crippen molar-refractivity contribution >= 4 is 12.2 Å². The number of nitrogens with zero attached hydrogens (tertiary/aromatic N) is 4. The number of hydrogen-bond acceptors (Lipinski definition) is 4. The van der Waals surface area contributed by atoms with Crippen LogP contribution in [-0.2, 0) is 11.3 Å². The van der Waals surface area contributed by atoms with Gasteiger partial charge < -0.3 is 9.69 Å².